The summed E-state index contributed by atoms with van der Waals surface area (Å²) in [5.41, 5.74) is 0.235. The van der Waals surface area contributed by atoms with Gasteiger partial charge in [-0.2, -0.15) is 4.98 Å². The Balaban J connectivity index is 1.84. The highest BCUT2D eigenvalue weighted by Gasteiger charge is 2.27. The third-order valence-electron chi connectivity index (χ3n) is 4.04. The van der Waals surface area contributed by atoms with Crippen molar-refractivity contribution < 1.29 is 18.1 Å². The van der Waals surface area contributed by atoms with Crippen molar-refractivity contribution in [3.63, 3.8) is 0 Å². The molecule has 1 aromatic carbocycles. The molecule has 1 N–H and O–H groups in total. The van der Waals surface area contributed by atoms with Crippen LogP contribution in [0, 0.1) is 11.7 Å². The molecule has 2 aromatic heterocycles. The van der Waals surface area contributed by atoms with Crippen LogP contribution in [0.15, 0.2) is 51.6 Å². The molecule has 25 heavy (non-hydrogen) atoms. The number of rotatable bonds is 6. The number of benzene rings is 1. The molecule has 3 rings (SSSR count). The van der Waals surface area contributed by atoms with E-state index in [4.69, 9.17) is 8.94 Å². The van der Waals surface area contributed by atoms with Crippen LogP contribution >= 0.6 is 0 Å². The summed E-state index contributed by atoms with van der Waals surface area (Å²) in [6.45, 7) is 3.96. The molecule has 2 atom stereocenters. The number of nitrogens with zero attached hydrogens (tertiary/aromatic N) is 2. The second-order valence-corrected chi connectivity index (χ2v) is 5.78. The first kappa shape index (κ1) is 16.9. The Hall–Kier alpha value is -2.96. The maximum Gasteiger partial charge on any atom is 0.252 e. The Bertz CT molecular complexity index is 845. The minimum absolute atomic E-state index is 0.0439. The number of hydrogen-bond acceptors (Lipinski definition) is 5. The minimum Gasteiger partial charge on any atom is -0.461 e. The van der Waals surface area contributed by atoms with Crippen molar-refractivity contribution in [3.05, 3.63) is 59.9 Å². The predicted octanol–water partition coefficient (Wildman–Crippen LogP) is 3.99. The fourth-order valence-electron chi connectivity index (χ4n) is 2.40. The largest absolute Gasteiger partial charge is 0.461 e. The van der Waals surface area contributed by atoms with Crippen LogP contribution in [0.1, 0.15) is 42.6 Å². The van der Waals surface area contributed by atoms with E-state index in [1.165, 1.54) is 24.5 Å². The van der Waals surface area contributed by atoms with Gasteiger partial charge in [0.2, 0.25) is 11.7 Å². The van der Waals surface area contributed by atoms with Gasteiger partial charge in [0.1, 0.15) is 11.9 Å². The van der Waals surface area contributed by atoms with E-state index in [0.29, 0.717) is 11.6 Å². The Labute approximate surface area is 144 Å². The molecule has 1 amide bonds. The van der Waals surface area contributed by atoms with Crippen molar-refractivity contribution in [1.82, 2.24) is 15.5 Å². The van der Waals surface area contributed by atoms with E-state index in [1.807, 2.05) is 13.8 Å². The number of nitrogens with one attached hydrogen (secondary N) is 1. The predicted molar refractivity (Wildman–Crippen MR) is 88.1 cm³/mol. The van der Waals surface area contributed by atoms with Gasteiger partial charge in [-0.1, -0.05) is 31.5 Å². The summed E-state index contributed by atoms with van der Waals surface area (Å²) in [6.07, 6.45) is 2.30. The average Bonchev–Trinajstić information content (AvgIpc) is 3.29. The van der Waals surface area contributed by atoms with E-state index in [2.05, 4.69) is 15.5 Å². The monoisotopic (exact) mass is 343 g/mol. The zero-order valence-electron chi connectivity index (χ0n) is 13.9. The Morgan fingerprint density at radius 3 is 2.84 bits per heavy atom. The van der Waals surface area contributed by atoms with Gasteiger partial charge in [-0.25, -0.2) is 4.39 Å². The van der Waals surface area contributed by atoms with Crippen molar-refractivity contribution in [1.29, 1.82) is 0 Å². The third-order valence-corrected chi connectivity index (χ3v) is 4.04. The number of aromatic nitrogens is 2. The molecule has 0 aliphatic carbocycles. The zero-order valence-corrected chi connectivity index (χ0v) is 13.9. The molecule has 0 unspecified atom stereocenters. The van der Waals surface area contributed by atoms with Crippen LogP contribution in [-0.2, 0) is 0 Å². The lowest BCUT2D eigenvalue weighted by Crippen LogP contribution is -2.32. The lowest BCUT2D eigenvalue weighted by atomic mass is 9.98. The highest BCUT2D eigenvalue weighted by Crippen LogP contribution is 2.26. The summed E-state index contributed by atoms with van der Waals surface area (Å²) in [4.78, 5) is 16.8. The van der Waals surface area contributed by atoms with Crippen molar-refractivity contribution in [2.45, 2.75) is 26.3 Å². The average molecular weight is 343 g/mol. The van der Waals surface area contributed by atoms with Gasteiger partial charge in [0.15, 0.2) is 5.76 Å². The van der Waals surface area contributed by atoms with Gasteiger partial charge in [-0.15, -0.1) is 0 Å². The Morgan fingerprint density at radius 2 is 2.16 bits per heavy atom. The molecule has 0 saturated carbocycles. The molecule has 0 saturated heterocycles. The van der Waals surface area contributed by atoms with E-state index in [9.17, 15) is 9.18 Å². The number of amides is 1. The molecule has 0 bridgehead atoms. The van der Waals surface area contributed by atoms with Crippen molar-refractivity contribution in [3.8, 4) is 11.6 Å². The fraction of sp³-hybridized carbons (Fsp3) is 0.278. The summed E-state index contributed by atoms with van der Waals surface area (Å²) in [5.74, 6) is 0.253. The van der Waals surface area contributed by atoms with Crippen molar-refractivity contribution >= 4 is 5.91 Å². The Morgan fingerprint density at radius 1 is 1.32 bits per heavy atom. The van der Waals surface area contributed by atoms with Crippen LogP contribution in [0.5, 0.6) is 0 Å². The number of furan rings is 1. The fourth-order valence-corrected chi connectivity index (χ4v) is 2.40. The van der Waals surface area contributed by atoms with Gasteiger partial charge >= 0.3 is 0 Å². The molecule has 0 aliphatic heterocycles. The molecule has 3 aromatic rings. The zero-order chi connectivity index (χ0) is 17.8. The molecule has 0 aliphatic rings. The van der Waals surface area contributed by atoms with Crippen molar-refractivity contribution in [2.24, 2.45) is 5.92 Å². The summed E-state index contributed by atoms with van der Waals surface area (Å²) < 4.78 is 23.9. The van der Waals surface area contributed by atoms with E-state index >= 15 is 0 Å². The second-order valence-electron chi connectivity index (χ2n) is 5.78. The SMILES string of the molecule is CC[C@H](C)[C@H](NC(=O)c1cccc(F)c1)c1nc(-c2ccco2)no1. The first-order valence-electron chi connectivity index (χ1n) is 8.02. The Kier molecular flexibility index (Phi) is 4.92. The summed E-state index contributed by atoms with van der Waals surface area (Å²) in [5, 5.41) is 6.75. The maximum absolute atomic E-state index is 13.3. The molecule has 6 nitrogen and oxygen atoms in total. The van der Waals surface area contributed by atoms with E-state index < -0.39 is 17.8 Å². The van der Waals surface area contributed by atoms with Gasteiger partial charge in [0.05, 0.1) is 6.26 Å². The molecule has 0 spiro atoms. The van der Waals surface area contributed by atoms with Gasteiger partial charge in [-0.05, 0) is 36.2 Å². The first-order chi connectivity index (χ1) is 12.1. The number of halogens is 1. The van der Waals surface area contributed by atoms with Gasteiger partial charge in [0.25, 0.3) is 5.91 Å². The third kappa shape index (κ3) is 3.76. The number of carbonyl (C=O) groups excluding carboxylic acids is 1. The molecular weight excluding hydrogens is 325 g/mol. The molecule has 2 heterocycles. The summed E-state index contributed by atoms with van der Waals surface area (Å²) in [6, 6.07) is 8.47. The normalized spacial score (nSPS) is 13.4. The topological polar surface area (TPSA) is 81.2 Å². The lowest BCUT2D eigenvalue weighted by Gasteiger charge is -2.20. The van der Waals surface area contributed by atoms with Crippen LogP contribution in [0.4, 0.5) is 4.39 Å². The summed E-state index contributed by atoms with van der Waals surface area (Å²) >= 11 is 0. The van der Waals surface area contributed by atoms with Gasteiger partial charge < -0.3 is 14.3 Å². The maximum atomic E-state index is 13.3. The van der Waals surface area contributed by atoms with Crippen LogP contribution in [-0.4, -0.2) is 16.0 Å². The standard InChI is InChI=1S/C18H18FN3O3/c1-3-11(2)15(20-17(23)12-6-4-7-13(19)10-12)18-21-16(22-25-18)14-8-5-9-24-14/h4-11,15H,3H2,1-2H3,(H,20,23)/t11-,15-/m0/s1. The van der Waals surface area contributed by atoms with E-state index in [1.54, 1.807) is 18.2 Å². The lowest BCUT2D eigenvalue weighted by molar-refractivity contribution is 0.0909. The number of hydrogen-bond donors (Lipinski definition) is 1. The smallest absolute Gasteiger partial charge is 0.252 e. The summed E-state index contributed by atoms with van der Waals surface area (Å²) in [7, 11) is 0. The van der Waals surface area contributed by atoms with Crippen LogP contribution in [0.3, 0.4) is 0 Å². The van der Waals surface area contributed by atoms with Crippen LogP contribution in [0.25, 0.3) is 11.6 Å². The van der Waals surface area contributed by atoms with Gasteiger partial charge in [-0.3, -0.25) is 4.79 Å². The molecule has 0 fully saturated rings. The highest BCUT2D eigenvalue weighted by molar-refractivity contribution is 5.94. The first-order valence-corrected chi connectivity index (χ1v) is 8.02. The van der Waals surface area contributed by atoms with Gasteiger partial charge in [0, 0.05) is 5.56 Å². The van der Waals surface area contributed by atoms with E-state index in [0.717, 1.165) is 6.42 Å². The van der Waals surface area contributed by atoms with Crippen LogP contribution < -0.4 is 5.32 Å². The molecule has 7 heteroatoms. The van der Waals surface area contributed by atoms with Crippen LogP contribution in [0.2, 0.25) is 0 Å². The molecular formula is C18H18FN3O3. The molecule has 130 valence electrons. The number of carbonyl (C=O) groups is 1. The van der Waals surface area contributed by atoms with E-state index in [-0.39, 0.29) is 17.4 Å². The van der Waals surface area contributed by atoms with Crippen molar-refractivity contribution in [2.75, 3.05) is 0 Å². The molecule has 0 radical (unpaired) electrons. The highest BCUT2D eigenvalue weighted by atomic mass is 19.1. The second kappa shape index (κ2) is 7.29. The quantitative estimate of drug-likeness (QED) is 0.732. The minimum atomic E-state index is -0.489.